The molecule has 2 rings (SSSR count). The number of rotatable bonds is 2. The zero-order valence-corrected chi connectivity index (χ0v) is 9.52. The van der Waals surface area contributed by atoms with Crippen LogP contribution in [-0.4, -0.2) is 20.9 Å². The predicted molar refractivity (Wildman–Crippen MR) is 62.8 cm³/mol. The van der Waals surface area contributed by atoms with Crippen LogP contribution < -0.4 is 5.56 Å². The fourth-order valence-electron chi connectivity index (χ4n) is 1.58. The van der Waals surface area contributed by atoms with Gasteiger partial charge in [-0.25, -0.2) is 9.48 Å². The largest absolute Gasteiger partial charge is 0.477 e. The second kappa shape index (κ2) is 3.93. The summed E-state index contributed by atoms with van der Waals surface area (Å²) in [4.78, 5) is 22.5. The number of carbonyl (C=O) groups is 1. The van der Waals surface area contributed by atoms with Gasteiger partial charge in [-0.1, -0.05) is 6.07 Å². The number of aryl methyl sites for hydroxylation is 2. The third kappa shape index (κ3) is 1.87. The molecule has 0 aliphatic heterocycles. The number of hydrogen-bond acceptors (Lipinski definition) is 2. The van der Waals surface area contributed by atoms with Crippen molar-refractivity contribution in [3.8, 4) is 5.69 Å². The van der Waals surface area contributed by atoms with Crippen LogP contribution in [0.3, 0.4) is 0 Å². The lowest BCUT2D eigenvalue weighted by molar-refractivity contribution is 0.0695. The summed E-state index contributed by atoms with van der Waals surface area (Å²) in [6.45, 7) is 3.91. The zero-order valence-electron chi connectivity index (χ0n) is 9.52. The first-order valence-corrected chi connectivity index (χ1v) is 5.12. The Morgan fingerprint density at radius 1 is 1.29 bits per heavy atom. The first-order chi connectivity index (χ1) is 8.00. The number of carboxylic acids is 1. The molecule has 0 spiro atoms. The molecule has 0 aliphatic carbocycles. The van der Waals surface area contributed by atoms with Crippen LogP contribution in [0.15, 0.2) is 29.2 Å². The summed E-state index contributed by atoms with van der Waals surface area (Å²) >= 11 is 0. The second-order valence-electron chi connectivity index (χ2n) is 3.90. The lowest BCUT2D eigenvalue weighted by atomic mass is 10.1. The number of benzene rings is 1. The summed E-state index contributed by atoms with van der Waals surface area (Å²) in [5, 5.41) is 11.4. The van der Waals surface area contributed by atoms with E-state index >= 15 is 0 Å². The number of aromatic carboxylic acids is 1. The minimum absolute atomic E-state index is 0.261. The van der Waals surface area contributed by atoms with Gasteiger partial charge < -0.3 is 5.11 Å². The Morgan fingerprint density at radius 2 is 2.00 bits per heavy atom. The maximum atomic E-state index is 11.8. The summed E-state index contributed by atoms with van der Waals surface area (Å²) in [7, 11) is 0. The van der Waals surface area contributed by atoms with E-state index in [1.165, 1.54) is 10.9 Å². The first-order valence-electron chi connectivity index (χ1n) is 5.12. The fraction of sp³-hybridized carbons (Fsp3) is 0.167. The summed E-state index contributed by atoms with van der Waals surface area (Å²) in [5.41, 5.74) is 1.97. The smallest absolute Gasteiger partial charge is 0.342 e. The van der Waals surface area contributed by atoms with Crippen molar-refractivity contribution in [2.45, 2.75) is 13.8 Å². The van der Waals surface area contributed by atoms with Crippen molar-refractivity contribution < 1.29 is 9.90 Å². The van der Waals surface area contributed by atoms with Gasteiger partial charge in [0.15, 0.2) is 0 Å². The SMILES string of the molecule is Cc1ccc(-n2[nH]cc(C(=O)O)c2=O)cc1C. The number of nitrogens with one attached hydrogen (secondary N) is 1. The molecule has 5 heteroatoms. The Morgan fingerprint density at radius 3 is 2.53 bits per heavy atom. The van der Waals surface area contributed by atoms with Crippen molar-refractivity contribution in [2.75, 3.05) is 0 Å². The second-order valence-corrected chi connectivity index (χ2v) is 3.90. The van der Waals surface area contributed by atoms with E-state index < -0.39 is 11.5 Å². The van der Waals surface area contributed by atoms with Crippen molar-refractivity contribution in [1.82, 2.24) is 9.78 Å². The highest BCUT2D eigenvalue weighted by Gasteiger charge is 2.13. The van der Waals surface area contributed by atoms with Crippen LogP contribution in [0.5, 0.6) is 0 Å². The Bertz CT molecular complexity index is 637. The first kappa shape index (κ1) is 11.2. The molecule has 0 unspecified atom stereocenters. The molecule has 0 atom stereocenters. The molecule has 0 amide bonds. The molecule has 88 valence electrons. The average Bonchev–Trinajstić information content (AvgIpc) is 2.64. The quantitative estimate of drug-likeness (QED) is 0.823. The Hall–Kier alpha value is -2.30. The van der Waals surface area contributed by atoms with Crippen molar-refractivity contribution >= 4 is 5.97 Å². The molecular weight excluding hydrogens is 220 g/mol. The molecule has 1 aromatic heterocycles. The third-order valence-electron chi connectivity index (χ3n) is 2.75. The highest BCUT2D eigenvalue weighted by atomic mass is 16.4. The summed E-state index contributed by atoms with van der Waals surface area (Å²) in [6.07, 6.45) is 1.19. The van der Waals surface area contributed by atoms with Gasteiger partial charge >= 0.3 is 5.97 Å². The van der Waals surface area contributed by atoms with E-state index in [9.17, 15) is 9.59 Å². The number of aromatic nitrogens is 2. The Labute approximate surface area is 97.3 Å². The van der Waals surface area contributed by atoms with Crippen LogP contribution >= 0.6 is 0 Å². The topological polar surface area (TPSA) is 75.1 Å². The molecule has 5 nitrogen and oxygen atoms in total. The predicted octanol–water partition coefficient (Wildman–Crippen LogP) is 1.48. The van der Waals surface area contributed by atoms with Crippen LogP contribution in [0.25, 0.3) is 5.69 Å². The minimum atomic E-state index is -1.23. The highest BCUT2D eigenvalue weighted by Crippen LogP contribution is 2.12. The van der Waals surface area contributed by atoms with Gasteiger partial charge in [-0.3, -0.25) is 9.89 Å². The van der Waals surface area contributed by atoms with Gasteiger partial charge in [0.05, 0.1) is 5.69 Å². The molecule has 0 aliphatic rings. The van der Waals surface area contributed by atoms with Gasteiger partial charge in [-0.05, 0) is 37.1 Å². The van der Waals surface area contributed by atoms with Crippen LogP contribution in [0.2, 0.25) is 0 Å². The molecule has 0 fully saturated rings. The minimum Gasteiger partial charge on any atom is -0.477 e. The Kier molecular flexibility index (Phi) is 2.59. The van der Waals surface area contributed by atoms with Crippen molar-refractivity contribution in [1.29, 1.82) is 0 Å². The molecule has 1 aromatic carbocycles. The summed E-state index contributed by atoms with van der Waals surface area (Å²) in [6, 6.07) is 5.49. The van der Waals surface area contributed by atoms with Crippen molar-refractivity contribution in [2.24, 2.45) is 0 Å². The molecule has 2 aromatic rings. The normalized spacial score (nSPS) is 10.5. The molecule has 0 saturated heterocycles. The van der Waals surface area contributed by atoms with Gasteiger partial charge in [0.2, 0.25) is 0 Å². The van der Waals surface area contributed by atoms with E-state index in [0.29, 0.717) is 5.69 Å². The van der Waals surface area contributed by atoms with E-state index in [1.807, 2.05) is 26.0 Å². The van der Waals surface area contributed by atoms with Crippen LogP contribution in [-0.2, 0) is 0 Å². The van der Waals surface area contributed by atoms with Crippen LogP contribution in [0.4, 0.5) is 0 Å². The van der Waals surface area contributed by atoms with Gasteiger partial charge in [-0.2, -0.15) is 0 Å². The lowest BCUT2D eigenvalue weighted by Gasteiger charge is -2.04. The Balaban J connectivity index is 2.58. The average molecular weight is 232 g/mol. The molecular formula is C12H12N2O3. The number of nitrogens with zero attached hydrogens (tertiary/aromatic N) is 1. The van der Waals surface area contributed by atoms with E-state index in [0.717, 1.165) is 11.1 Å². The van der Waals surface area contributed by atoms with E-state index in [2.05, 4.69) is 5.10 Å². The van der Waals surface area contributed by atoms with Gasteiger partial charge in [0.25, 0.3) is 5.56 Å². The maximum Gasteiger partial charge on any atom is 0.342 e. The number of hydrogen-bond donors (Lipinski definition) is 2. The van der Waals surface area contributed by atoms with Crippen molar-refractivity contribution in [3.05, 3.63) is 51.4 Å². The standard InChI is InChI=1S/C12H12N2O3/c1-7-3-4-9(5-8(7)2)14-11(15)10(6-13-14)12(16)17/h3-6,13H,1-2H3,(H,16,17). The van der Waals surface area contributed by atoms with Gasteiger partial charge in [-0.15, -0.1) is 0 Å². The van der Waals surface area contributed by atoms with E-state index in [-0.39, 0.29) is 5.56 Å². The molecule has 0 saturated carbocycles. The van der Waals surface area contributed by atoms with E-state index in [4.69, 9.17) is 5.11 Å². The molecule has 1 heterocycles. The van der Waals surface area contributed by atoms with Gasteiger partial charge in [0.1, 0.15) is 5.56 Å². The zero-order chi connectivity index (χ0) is 12.6. The monoisotopic (exact) mass is 232 g/mol. The van der Waals surface area contributed by atoms with E-state index in [1.54, 1.807) is 6.07 Å². The number of H-pyrrole nitrogens is 1. The summed E-state index contributed by atoms with van der Waals surface area (Å²) in [5.74, 6) is -1.23. The molecule has 0 bridgehead atoms. The highest BCUT2D eigenvalue weighted by molar-refractivity contribution is 5.86. The maximum absolute atomic E-state index is 11.8. The molecule has 0 radical (unpaired) electrons. The molecule has 2 N–H and O–H groups in total. The van der Waals surface area contributed by atoms with Crippen LogP contribution in [0, 0.1) is 13.8 Å². The summed E-state index contributed by atoms with van der Waals surface area (Å²) < 4.78 is 1.22. The van der Waals surface area contributed by atoms with Crippen LogP contribution in [0.1, 0.15) is 21.5 Å². The number of carboxylic acid groups (broad SMARTS) is 1. The molecule has 17 heavy (non-hydrogen) atoms. The third-order valence-corrected chi connectivity index (χ3v) is 2.75. The van der Waals surface area contributed by atoms with Crippen molar-refractivity contribution in [3.63, 3.8) is 0 Å². The fourth-order valence-corrected chi connectivity index (χ4v) is 1.58. The number of aromatic amines is 1. The van der Waals surface area contributed by atoms with Gasteiger partial charge in [0, 0.05) is 6.20 Å². The lowest BCUT2D eigenvalue weighted by Crippen LogP contribution is -2.20.